The van der Waals surface area contributed by atoms with Gasteiger partial charge in [0.25, 0.3) is 0 Å². The molecule has 0 aromatic heterocycles. The zero-order chi connectivity index (χ0) is 29.2. The number of hydrogen-bond acceptors (Lipinski definition) is 2. The van der Waals surface area contributed by atoms with Crippen molar-refractivity contribution in [2.24, 2.45) is 0 Å². The Bertz CT molecular complexity index is 1560. The smallest absolute Gasteiger partial charge is 0.193 e. The van der Waals surface area contributed by atoms with Crippen LogP contribution in [0.25, 0.3) is 0 Å². The normalized spacial score (nSPS) is 10.4. The standard InChI is InChI=1S/C23H22O.C16H16O/c1-3-18-6-8-19(9-7-18)16-20-10-14-22(15-11-20)23(24)21-12-4-17(2)5-13-21;1-3-13-6-10-15(11-7-13)16(17)14-8-4-12(2)5-9-14/h4-15H,3,16H2,1-2H3;4-11H,3H2,1-2H3. The van der Waals surface area contributed by atoms with E-state index in [0.717, 1.165) is 47.1 Å². The summed E-state index contributed by atoms with van der Waals surface area (Å²) in [7, 11) is 0. The molecule has 2 nitrogen and oxygen atoms in total. The van der Waals surface area contributed by atoms with Gasteiger partial charge in [-0.25, -0.2) is 0 Å². The van der Waals surface area contributed by atoms with E-state index in [1.165, 1.54) is 27.8 Å². The van der Waals surface area contributed by atoms with Gasteiger partial charge in [0.2, 0.25) is 0 Å². The molecule has 41 heavy (non-hydrogen) atoms. The van der Waals surface area contributed by atoms with E-state index in [1.807, 2.05) is 98.8 Å². The molecule has 0 aliphatic rings. The molecule has 0 saturated heterocycles. The first-order chi connectivity index (χ1) is 19.9. The van der Waals surface area contributed by atoms with E-state index < -0.39 is 0 Å². The Balaban J connectivity index is 0.000000201. The molecule has 0 saturated carbocycles. The molecule has 0 aliphatic heterocycles. The van der Waals surface area contributed by atoms with E-state index in [-0.39, 0.29) is 11.6 Å². The second kappa shape index (κ2) is 14.2. The fourth-order valence-corrected chi connectivity index (χ4v) is 4.54. The predicted molar refractivity (Wildman–Crippen MR) is 170 cm³/mol. The van der Waals surface area contributed by atoms with Crippen LogP contribution in [-0.4, -0.2) is 11.6 Å². The van der Waals surface area contributed by atoms with Gasteiger partial charge in [0, 0.05) is 22.3 Å². The first-order valence-electron chi connectivity index (χ1n) is 14.3. The summed E-state index contributed by atoms with van der Waals surface area (Å²) in [5, 5.41) is 0. The Hall–Kier alpha value is -4.56. The summed E-state index contributed by atoms with van der Waals surface area (Å²) in [5.41, 5.74) is 10.4. The zero-order valence-corrected chi connectivity index (χ0v) is 24.5. The third-order valence-corrected chi connectivity index (χ3v) is 7.31. The van der Waals surface area contributed by atoms with Gasteiger partial charge in [0.05, 0.1) is 0 Å². The average molecular weight is 539 g/mol. The highest BCUT2D eigenvalue weighted by molar-refractivity contribution is 6.09. The minimum atomic E-state index is 0.0776. The maximum Gasteiger partial charge on any atom is 0.193 e. The molecule has 206 valence electrons. The summed E-state index contributed by atoms with van der Waals surface area (Å²) in [6, 6.07) is 40.0. The summed E-state index contributed by atoms with van der Waals surface area (Å²) in [5.74, 6) is 0.168. The van der Waals surface area contributed by atoms with Gasteiger partial charge in [0.1, 0.15) is 0 Å². The van der Waals surface area contributed by atoms with E-state index in [2.05, 4.69) is 50.2 Å². The minimum absolute atomic E-state index is 0.0776. The lowest BCUT2D eigenvalue weighted by Crippen LogP contribution is -2.01. The molecular formula is C39H38O2. The highest BCUT2D eigenvalue weighted by atomic mass is 16.1. The lowest BCUT2D eigenvalue weighted by atomic mass is 9.98. The van der Waals surface area contributed by atoms with Crippen LogP contribution in [0.1, 0.15) is 79.1 Å². The van der Waals surface area contributed by atoms with Gasteiger partial charge in [-0.05, 0) is 55.4 Å². The van der Waals surface area contributed by atoms with Crippen molar-refractivity contribution in [2.45, 2.75) is 47.0 Å². The molecule has 0 radical (unpaired) electrons. The van der Waals surface area contributed by atoms with Crippen molar-refractivity contribution in [3.63, 3.8) is 0 Å². The lowest BCUT2D eigenvalue weighted by Gasteiger charge is -2.06. The molecule has 5 aromatic carbocycles. The molecule has 0 spiro atoms. The van der Waals surface area contributed by atoms with Gasteiger partial charge in [-0.2, -0.15) is 0 Å². The van der Waals surface area contributed by atoms with Crippen LogP contribution < -0.4 is 0 Å². The second-order valence-corrected chi connectivity index (χ2v) is 10.5. The topological polar surface area (TPSA) is 34.1 Å². The number of ketones is 2. The lowest BCUT2D eigenvalue weighted by molar-refractivity contribution is 0.103. The fraction of sp³-hybridized carbons (Fsp3) is 0.179. The molecule has 0 amide bonds. The molecule has 0 heterocycles. The van der Waals surface area contributed by atoms with Crippen LogP contribution >= 0.6 is 0 Å². The quantitative estimate of drug-likeness (QED) is 0.185. The van der Waals surface area contributed by atoms with E-state index in [4.69, 9.17) is 0 Å². The van der Waals surface area contributed by atoms with Gasteiger partial charge in [-0.1, -0.05) is 146 Å². The molecule has 2 heteroatoms. The fourth-order valence-electron chi connectivity index (χ4n) is 4.54. The van der Waals surface area contributed by atoms with Gasteiger partial charge in [-0.15, -0.1) is 0 Å². The summed E-state index contributed by atoms with van der Waals surface area (Å²) in [6.07, 6.45) is 2.96. The highest BCUT2D eigenvalue weighted by Crippen LogP contribution is 2.16. The van der Waals surface area contributed by atoms with Crippen molar-refractivity contribution in [2.75, 3.05) is 0 Å². The maximum atomic E-state index is 12.5. The van der Waals surface area contributed by atoms with Crippen LogP contribution in [-0.2, 0) is 19.3 Å². The van der Waals surface area contributed by atoms with Crippen molar-refractivity contribution < 1.29 is 9.59 Å². The molecule has 0 aliphatic carbocycles. The number of carbonyl (C=O) groups is 2. The monoisotopic (exact) mass is 538 g/mol. The minimum Gasteiger partial charge on any atom is -0.289 e. The van der Waals surface area contributed by atoms with Crippen LogP contribution in [0.5, 0.6) is 0 Å². The number of carbonyl (C=O) groups excluding carboxylic acids is 2. The molecule has 5 aromatic rings. The van der Waals surface area contributed by atoms with Crippen LogP contribution in [0, 0.1) is 13.8 Å². The number of hydrogen-bond donors (Lipinski definition) is 0. The molecular weight excluding hydrogens is 500 g/mol. The Kier molecular flexibility index (Phi) is 10.2. The first kappa shape index (κ1) is 29.4. The van der Waals surface area contributed by atoms with Crippen LogP contribution in [0.15, 0.2) is 121 Å². The van der Waals surface area contributed by atoms with Crippen LogP contribution in [0.3, 0.4) is 0 Å². The van der Waals surface area contributed by atoms with Gasteiger partial charge in [-0.3, -0.25) is 9.59 Å². The van der Waals surface area contributed by atoms with E-state index in [0.29, 0.717) is 0 Å². The van der Waals surface area contributed by atoms with E-state index in [1.54, 1.807) is 0 Å². The van der Waals surface area contributed by atoms with E-state index in [9.17, 15) is 9.59 Å². The predicted octanol–water partition coefficient (Wildman–Crippen LogP) is 9.17. The summed E-state index contributed by atoms with van der Waals surface area (Å²) >= 11 is 0. The highest BCUT2D eigenvalue weighted by Gasteiger charge is 2.09. The summed E-state index contributed by atoms with van der Waals surface area (Å²) in [4.78, 5) is 24.7. The number of benzene rings is 5. The first-order valence-corrected chi connectivity index (χ1v) is 14.3. The van der Waals surface area contributed by atoms with Crippen molar-refractivity contribution in [3.05, 3.63) is 177 Å². The maximum absolute atomic E-state index is 12.5. The van der Waals surface area contributed by atoms with Gasteiger partial charge < -0.3 is 0 Å². The average Bonchev–Trinajstić information content (AvgIpc) is 3.02. The third-order valence-electron chi connectivity index (χ3n) is 7.31. The third kappa shape index (κ3) is 8.22. The molecule has 0 N–H and O–H groups in total. The Morgan fingerprint density at radius 3 is 0.951 bits per heavy atom. The van der Waals surface area contributed by atoms with Crippen LogP contribution in [0.4, 0.5) is 0 Å². The molecule has 0 atom stereocenters. The summed E-state index contributed by atoms with van der Waals surface area (Å²) in [6.45, 7) is 8.32. The molecule has 0 bridgehead atoms. The Labute approximate surface area is 244 Å². The largest absolute Gasteiger partial charge is 0.289 e. The van der Waals surface area contributed by atoms with Crippen LogP contribution in [0.2, 0.25) is 0 Å². The molecule has 0 fully saturated rings. The van der Waals surface area contributed by atoms with Crippen molar-refractivity contribution in [1.29, 1.82) is 0 Å². The Morgan fingerprint density at radius 2 is 0.634 bits per heavy atom. The van der Waals surface area contributed by atoms with Gasteiger partial charge >= 0.3 is 0 Å². The Morgan fingerprint density at radius 1 is 0.390 bits per heavy atom. The SMILES string of the molecule is CCc1ccc(C(=O)c2ccc(C)cc2)cc1.CCc1ccc(Cc2ccc(C(=O)c3ccc(C)cc3)cc2)cc1. The zero-order valence-electron chi connectivity index (χ0n) is 24.5. The van der Waals surface area contributed by atoms with Crippen molar-refractivity contribution >= 4 is 11.6 Å². The second-order valence-electron chi connectivity index (χ2n) is 10.5. The van der Waals surface area contributed by atoms with Gasteiger partial charge in [0.15, 0.2) is 11.6 Å². The summed E-state index contributed by atoms with van der Waals surface area (Å²) < 4.78 is 0. The van der Waals surface area contributed by atoms with Crippen molar-refractivity contribution in [3.8, 4) is 0 Å². The molecule has 5 rings (SSSR count). The van der Waals surface area contributed by atoms with Crippen molar-refractivity contribution in [1.82, 2.24) is 0 Å². The number of rotatable bonds is 8. The molecule has 0 unspecified atom stereocenters. The van der Waals surface area contributed by atoms with E-state index >= 15 is 0 Å². The number of aryl methyl sites for hydroxylation is 4.